The lowest BCUT2D eigenvalue weighted by atomic mass is 10.1. The van der Waals surface area contributed by atoms with E-state index in [4.69, 9.17) is 23.2 Å². The molecule has 3 rings (SSSR count). The summed E-state index contributed by atoms with van der Waals surface area (Å²) in [7, 11) is 0. The number of hydrogen-bond donors (Lipinski definition) is 1. The molecule has 1 N–H and O–H groups in total. The molecule has 0 saturated carbocycles. The monoisotopic (exact) mass is 452 g/mol. The van der Waals surface area contributed by atoms with Crippen molar-refractivity contribution in [2.45, 2.75) is 13.1 Å². The molecule has 3 aromatic carbocycles. The van der Waals surface area contributed by atoms with Crippen LogP contribution in [0.15, 0.2) is 66.7 Å². The van der Waals surface area contributed by atoms with Gasteiger partial charge in [0.2, 0.25) is 0 Å². The molecule has 0 aliphatic heterocycles. The van der Waals surface area contributed by atoms with E-state index < -0.39 is 11.7 Å². The number of nitrogens with one attached hydrogen (secondary N) is 1. The summed E-state index contributed by atoms with van der Waals surface area (Å²) in [6.07, 6.45) is -4.47. The van der Waals surface area contributed by atoms with Gasteiger partial charge in [-0.3, -0.25) is 4.79 Å². The predicted octanol–water partition coefficient (Wildman–Crippen LogP) is 7.42. The number of nitrogens with zero attached hydrogens (tertiary/aromatic N) is 1. The molecule has 0 heterocycles. The van der Waals surface area contributed by atoms with Gasteiger partial charge >= 0.3 is 6.18 Å². The Bertz CT molecular complexity index is 1050. The molecule has 156 valence electrons. The van der Waals surface area contributed by atoms with Gasteiger partial charge in [-0.1, -0.05) is 35.3 Å². The van der Waals surface area contributed by atoms with Gasteiger partial charge < -0.3 is 10.2 Å². The standard InChI is InChI=1S/C22H17Cl2F3N2O/c1-2-29(20-13-14(22(25,26)27)7-12-19(20)24)16-10-8-15(9-11-16)28-21(30)17-5-3-4-6-18(17)23/h3-13H,2H2,1H3,(H,28,30). The first kappa shape index (κ1) is 22.0. The number of benzene rings is 3. The molecule has 1 amide bonds. The molecular weight excluding hydrogens is 436 g/mol. The van der Waals surface area contributed by atoms with E-state index in [0.717, 1.165) is 12.1 Å². The first-order valence-corrected chi connectivity index (χ1v) is 9.76. The Balaban J connectivity index is 1.84. The van der Waals surface area contributed by atoms with Crippen LogP contribution < -0.4 is 10.2 Å². The molecule has 30 heavy (non-hydrogen) atoms. The largest absolute Gasteiger partial charge is 0.416 e. The molecule has 0 bridgehead atoms. The van der Waals surface area contributed by atoms with Crippen molar-refractivity contribution in [2.75, 3.05) is 16.8 Å². The third-order valence-electron chi connectivity index (χ3n) is 4.44. The molecule has 0 spiro atoms. The molecule has 0 aliphatic rings. The zero-order valence-corrected chi connectivity index (χ0v) is 17.3. The normalized spacial score (nSPS) is 11.3. The highest BCUT2D eigenvalue weighted by Gasteiger charge is 2.31. The van der Waals surface area contributed by atoms with Gasteiger partial charge in [0.1, 0.15) is 0 Å². The second-order valence-corrected chi connectivity index (χ2v) is 7.20. The number of rotatable bonds is 5. The first-order valence-electron chi connectivity index (χ1n) is 9.01. The van der Waals surface area contributed by atoms with Crippen molar-refractivity contribution in [3.63, 3.8) is 0 Å². The summed E-state index contributed by atoms with van der Waals surface area (Å²) >= 11 is 12.2. The number of halogens is 5. The summed E-state index contributed by atoms with van der Waals surface area (Å²) in [5.41, 5.74) is 0.976. The fourth-order valence-electron chi connectivity index (χ4n) is 2.96. The predicted molar refractivity (Wildman–Crippen MR) is 115 cm³/mol. The van der Waals surface area contributed by atoms with Crippen LogP contribution in [0.25, 0.3) is 0 Å². The summed E-state index contributed by atoms with van der Waals surface area (Å²) in [4.78, 5) is 14.0. The highest BCUT2D eigenvalue weighted by atomic mass is 35.5. The number of hydrogen-bond acceptors (Lipinski definition) is 2. The number of amides is 1. The minimum absolute atomic E-state index is 0.209. The number of carbonyl (C=O) groups is 1. The van der Waals surface area contributed by atoms with Crippen molar-refractivity contribution in [2.24, 2.45) is 0 Å². The van der Waals surface area contributed by atoms with Crippen LogP contribution in [0.5, 0.6) is 0 Å². The fraction of sp³-hybridized carbons (Fsp3) is 0.136. The van der Waals surface area contributed by atoms with Crippen molar-refractivity contribution in [3.05, 3.63) is 87.9 Å². The molecule has 0 fully saturated rings. The van der Waals surface area contributed by atoms with Gasteiger partial charge in [0.05, 0.1) is 26.9 Å². The van der Waals surface area contributed by atoms with Gasteiger partial charge in [0, 0.05) is 17.9 Å². The topological polar surface area (TPSA) is 32.3 Å². The lowest BCUT2D eigenvalue weighted by molar-refractivity contribution is -0.137. The summed E-state index contributed by atoms with van der Waals surface area (Å²) < 4.78 is 39.3. The van der Waals surface area contributed by atoms with Crippen LogP contribution in [-0.2, 0) is 6.18 Å². The highest BCUT2D eigenvalue weighted by Crippen LogP contribution is 2.38. The highest BCUT2D eigenvalue weighted by molar-refractivity contribution is 6.34. The summed E-state index contributed by atoms with van der Waals surface area (Å²) in [6, 6.07) is 16.6. The fourth-order valence-corrected chi connectivity index (χ4v) is 3.40. The zero-order chi connectivity index (χ0) is 21.9. The van der Waals surface area contributed by atoms with E-state index in [-0.39, 0.29) is 16.6 Å². The van der Waals surface area contributed by atoms with Crippen molar-refractivity contribution in [1.82, 2.24) is 0 Å². The van der Waals surface area contributed by atoms with Gasteiger partial charge in [-0.15, -0.1) is 0 Å². The van der Waals surface area contributed by atoms with E-state index in [1.165, 1.54) is 6.07 Å². The third-order valence-corrected chi connectivity index (χ3v) is 5.09. The summed E-state index contributed by atoms with van der Waals surface area (Å²) in [5.74, 6) is -0.360. The quantitative estimate of drug-likeness (QED) is 0.436. The van der Waals surface area contributed by atoms with Crippen molar-refractivity contribution < 1.29 is 18.0 Å². The van der Waals surface area contributed by atoms with E-state index in [2.05, 4.69) is 5.32 Å². The summed E-state index contributed by atoms with van der Waals surface area (Å²) in [6.45, 7) is 2.20. The molecule has 0 atom stereocenters. The molecule has 0 unspecified atom stereocenters. The van der Waals surface area contributed by atoms with E-state index in [1.807, 2.05) is 6.92 Å². The number of anilines is 3. The van der Waals surface area contributed by atoms with Crippen LogP contribution >= 0.6 is 23.2 Å². The van der Waals surface area contributed by atoms with Crippen LogP contribution in [0.1, 0.15) is 22.8 Å². The van der Waals surface area contributed by atoms with Crippen molar-refractivity contribution in [3.8, 4) is 0 Å². The second-order valence-electron chi connectivity index (χ2n) is 6.39. The zero-order valence-electron chi connectivity index (χ0n) is 15.8. The van der Waals surface area contributed by atoms with Crippen LogP contribution in [0.2, 0.25) is 10.0 Å². The number of alkyl halides is 3. The molecule has 8 heteroatoms. The van der Waals surface area contributed by atoms with Crippen LogP contribution in [0, 0.1) is 0 Å². The Morgan fingerprint density at radius 1 is 0.967 bits per heavy atom. The van der Waals surface area contributed by atoms with E-state index in [1.54, 1.807) is 53.4 Å². The van der Waals surface area contributed by atoms with Gasteiger partial charge in [0.15, 0.2) is 0 Å². The minimum Gasteiger partial charge on any atom is -0.341 e. The molecular formula is C22H17Cl2F3N2O. The van der Waals surface area contributed by atoms with E-state index in [9.17, 15) is 18.0 Å². The minimum atomic E-state index is -4.47. The van der Waals surface area contributed by atoms with Gasteiger partial charge in [0.25, 0.3) is 5.91 Å². The average molecular weight is 453 g/mol. The Morgan fingerprint density at radius 2 is 1.63 bits per heavy atom. The lowest BCUT2D eigenvalue weighted by Crippen LogP contribution is -2.18. The molecule has 3 nitrogen and oxygen atoms in total. The van der Waals surface area contributed by atoms with Crippen molar-refractivity contribution in [1.29, 1.82) is 0 Å². The van der Waals surface area contributed by atoms with Gasteiger partial charge in [-0.05, 0) is 61.5 Å². The Kier molecular flexibility index (Phi) is 6.58. The molecule has 0 saturated heterocycles. The SMILES string of the molecule is CCN(c1ccc(NC(=O)c2ccccc2Cl)cc1)c1cc(C(F)(F)F)ccc1Cl. The Hall–Kier alpha value is -2.70. The third kappa shape index (κ3) is 4.89. The van der Waals surface area contributed by atoms with Crippen LogP contribution in [0.3, 0.4) is 0 Å². The first-order chi connectivity index (χ1) is 14.2. The van der Waals surface area contributed by atoms with Gasteiger partial charge in [-0.25, -0.2) is 0 Å². The average Bonchev–Trinajstić information content (AvgIpc) is 2.70. The Labute approximate surface area is 182 Å². The van der Waals surface area contributed by atoms with Crippen molar-refractivity contribution >= 4 is 46.2 Å². The molecule has 0 aliphatic carbocycles. The van der Waals surface area contributed by atoms with Crippen LogP contribution in [0.4, 0.5) is 30.2 Å². The van der Waals surface area contributed by atoms with E-state index >= 15 is 0 Å². The van der Waals surface area contributed by atoms with Gasteiger partial charge in [-0.2, -0.15) is 13.2 Å². The molecule has 3 aromatic rings. The smallest absolute Gasteiger partial charge is 0.341 e. The maximum Gasteiger partial charge on any atom is 0.416 e. The van der Waals surface area contributed by atoms with E-state index in [0.29, 0.717) is 28.5 Å². The second kappa shape index (κ2) is 8.98. The van der Waals surface area contributed by atoms with Crippen LogP contribution in [-0.4, -0.2) is 12.5 Å². The molecule has 0 aromatic heterocycles. The maximum atomic E-state index is 13.1. The number of carbonyl (C=O) groups excluding carboxylic acids is 1. The summed E-state index contributed by atoms with van der Waals surface area (Å²) in [5, 5.41) is 3.29. The Morgan fingerprint density at radius 3 is 2.23 bits per heavy atom. The lowest BCUT2D eigenvalue weighted by Gasteiger charge is -2.25. The maximum absolute atomic E-state index is 13.1. The molecule has 0 radical (unpaired) electrons.